The van der Waals surface area contributed by atoms with Crippen LogP contribution in [0, 0.1) is 15.5 Å². The number of hydrogen-bond acceptors (Lipinski definition) is 6. The Morgan fingerprint density at radius 2 is 1.96 bits per heavy atom. The third-order valence-electron chi connectivity index (χ3n) is 5.19. The fourth-order valence-electron chi connectivity index (χ4n) is 4.10. The molecule has 1 aliphatic carbocycles. The minimum Gasteiger partial charge on any atom is -0.456 e. The number of rotatable bonds is 2. The van der Waals surface area contributed by atoms with Crippen LogP contribution in [0.15, 0.2) is 40.7 Å². The fraction of sp³-hybridized carbons (Fsp3) is 0.368. The standard InChI is InChI=1S/C19H17ClN2O5/c1-19(2)6-12-16(14(23)7-19)15(17-13(21-12)8-27-18(17)24)10-5-9(22(25)26)3-4-11(10)20/h3-5,15,21H,6-8H2,1-2H3. The van der Waals surface area contributed by atoms with Gasteiger partial charge in [0.1, 0.15) is 6.61 Å². The van der Waals surface area contributed by atoms with Gasteiger partial charge in [-0.2, -0.15) is 0 Å². The maximum Gasteiger partial charge on any atom is 0.337 e. The molecule has 3 aliphatic rings. The van der Waals surface area contributed by atoms with Crippen molar-refractivity contribution in [1.82, 2.24) is 5.32 Å². The number of cyclic esters (lactones) is 1. The van der Waals surface area contributed by atoms with Crippen LogP contribution in [-0.2, 0) is 14.3 Å². The van der Waals surface area contributed by atoms with Crippen molar-refractivity contribution >= 4 is 29.0 Å². The van der Waals surface area contributed by atoms with E-state index < -0.39 is 16.8 Å². The van der Waals surface area contributed by atoms with E-state index >= 15 is 0 Å². The second-order valence-corrected chi connectivity index (χ2v) is 8.23. The van der Waals surface area contributed by atoms with Gasteiger partial charge in [0.25, 0.3) is 5.69 Å². The Morgan fingerprint density at radius 3 is 2.67 bits per heavy atom. The number of ketones is 1. The number of nitrogens with one attached hydrogen (secondary N) is 1. The van der Waals surface area contributed by atoms with Gasteiger partial charge in [0.05, 0.1) is 16.2 Å². The average Bonchev–Trinajstić information content (AvgIpc) is 2.93. The molecule has 1 atom stereocenters. The fourth-order valence-corrected chi connectivity index (χ4v) is 4.32. The molecule has 4 rings (SSSR count). The molecule has 27 heavy (non-hydrogen) atoms. The van der Waals surface area contributed by atoms with Crippen molar-refractivity contribution in [1.29, 1.82) is 0 Å². The Kier molecular flexibility index (Phi) is 3.89. The predicted octanol–water partition coefficient (Wildman–Crippen LogP) is 3.39. The number of esters is 1. The first-order valence-corrected chi connectivity index (χ1v) is 8.93. The molecule has 0 saturated carbocycles. The predicted molar refractivity (Wildman–Crippen MR) is 97.0 cm³/mol. The maximum atomic E-state index is 13.0. The summed E-state index contributed by atoms with van der Waals surface area (Å²) in [4.78, 5) is 36.1. The van der Waals surface area contributed by atoms with E-state index in [0.717, 1.165) is 5.70 Å². The van der Waals surface area contributed by atoms with Crippen molar-refractivity contribution in [3.63, 3.8) is 0 Å². The Hall–Kier alpha value is -2.67. The van der Waals surface area contributed by atoms with Crippen molar-refractivity contribution in [2.24, 2.45) is 5.41 Å². The van der Waals surface area contributed by atoms with E-state index in [1.165, 1.54) is 18.2 Å². The highest BCUT2D eigenvalue weighted by Crippen LogP contribution is 2.49. The first-order chi connectivity index (χ1) is 12.7. The number of halogens is 1. The molecule has 1 aromatic carbocycles. The van der Waals surface area contributed by atoms with Gasteiger partial charge in [0.15, 0.2) is 5.78 Å². The van der Waals surface area contributed by atoms with Gasteiger partial charge in [-0.3, -0.25) is 14.9 Å². The molecule has 2 aliphatic heterocycles. The van der Waals surface area contributed by atoms with Gasteiger partial charge in [0.2, 0.25) is 0 Å². The van der Waals surface area contributed by atoms with Crippen molar-refractivity contribution in [2.75, 3.05) is 6.61 Å². The molecule has 0 spiro atoms. The minimum absolute atomic E-state index is 0.0859. The number of dihydropyridines is 1. The lowest BCUT2D eigenvalue weighted by Gasteiger charge is -2.38. The zero-order valence-electron chi connectivity index (χ0n) is 14.8. The molecule has 0 aromatic heterocycles. The Bertz CT molecular complexity index is 976. The minimum atomic E-state index is -0.762. The molecule has 0 radical (unpaired) electrons. The third-order valence-corrected chi connectivity index (χ3v) is 5.54. The quantitative estimate of drug-likeness (QED) is 0.473. The smallest absolute Gasteiger partial charge is 0.337 e. The zero-order chi connectivity index (χ0) is 19.5. The SMILES string of the molecule is CC1(C)CC(=O)C2=C(C1)NC1=C(C(=O)OC1)C2c1cc([N+](=O)[O-])ccc1Cl. The van der Waals surface area contributed by atoms with Crippen molar-refractivity contribution in [3.8, 4) is 0 Å². The Morgan fingerprint density at radius 1 is 1.22 bits per heavy atom. The van der Waals surface area contributed by atoms with Gasteiger partial charge in [-0.05, 0) is 23.5 Å². The first kappa shape index (κ1) is 17.7. The van der Waals surface area contributed by atoms with E-state index in [9.17, 15) is 19.7 Å². The van der Waals surface area contributed by atoms with Crippen molar-refractivity contribution < 1.29 is 19.2 Å². The zero-order valence-corrected chi connectivity index (χ0v) is 15.6. The lowest BCUT2D eigenvalue weighted by molar-refractivity contribution is -0.384. The lowest BCUT2D eigenvalue weighted by Crippen LogP contribution is -2.37. The highest BCUT2D eigenvalue weighted by molar-refractivity contribution is 6.31. The largest absolute Gasteiger partial charge is 0.456 e. The molecule has 0 bridgehead atoms. The molecular formula is C19H17ClN2O5. The molecule has 0 amide bonds. The summed E-state index contributed by atoms with van der Waals surface area (Å²) in [6.45, 7) is 4.10. The Labute approximate surface area is 160 Å². The molecule has 0 saturated heterocycles. The maximum absolute atomic E-state index is 13.0. The highest BCUT2D eigenvalue weighted by Gasteiger charge is 2.46. The van der Waals surface area contributed by atoms with Crippen LogP contribution in [0.4, 0.5) is 5.69 Å². The number of hydrogen-bond donors (Lipinski definition) is 1. The summed E-state index contributed by atoms with van der Waals surface area (Å²) in [6, 6.07) is 4.07. The molecule has 8 heteroatoms. The van der Waals surface area contributed by atoms with Crippen LogP contribution in [0.25, 0.3) is 0 Å². The summed E-state index contributed by atoms with van der Waals surface area (Å²) in [5.41, 5.74) is 2.10. The number of carbonyl (C=O) groups is 2. The van der Waals surface area contributed by atoms with Gasteiger partial charge in [-0.1, -0.05) is 25.4 Å². The number of ether oxygens (including phenoxy) is 1. The molecule has 7 nitrogen and oxygen atoms in total. The summed E-state index contributed by atoms with van der Waals surface area (Å²) in [7, 11) is 0. The second kappa shape index (κ2) is 5.92. The number of benzene rings is 1. The topological polar surface area (TPSA) is 98.5 Å². The van der Waals surface area contributed by atoms with Gasteiger partial charge in [-0.15, -0.1) is 0 Å². The van der Waals surface area contributed by atoms with E-state index in [4.69, 9.17) is 16.3 Å². The van der Waals surface area contributed by atoms with E-state index in [-0.39, 0.29) is 28.5 Å². The van der Waals surface area contributed by atoms with E-state index in [1.807, 2.05) is 13.8 Å². The number of carbonyl (C=O) groups excluding carboxylic acids is 2. The van der Waals surface area contributed by atoms with Crippen LogP contribution in [0.5, 0.6) is 0 Å². The first-order valence-electron chi connectivity index (χ1n) is 8.55. The molecular weight excluding hydrogens is 372 g/mol. The van der Waals surface area contributed by atoms with E-state index in [2.05, 4.69) is 5.32 Å². The van der Waals surface area contributed by atoms with Gasteiger partial charge in [0, 0.05) is 40.8 Å². The van der Waals surface area contributed by atoms with E-state index in [1.54, 1.807) is 0 Å². The molecule has 1 N–H and O–H groups in total. The van der Waals surface area contributed by atoms with Crippen LogP contribution in [0.1, 0.15) is 38.2 Å². The lowest BCUT2D eigenvalue weighted by atomic mass is 9.69. The summed E-state index contributed by atoms with van der Waals surface area (Å²) in [5.74, 6) is -1.39. The second-order valence-electron chi connectivity index (χ2n) is 7.82. The van der Waals surface area contributed by atoms with Crippen molar-refractivity contribution in [3.05, 3.63) is 61.4 Å². The highest BCUT2D eigenvalue weighted by atomic mass is 35.5. The normalized spacial score (nSPS) is 23.6. The summed E-state index contributed by atoms with van der Waals surface area (Å²) < 4.78 is 5.17. The third kappa shape index (κ3) is 2.82. The van der Waals surface area contributed by atoms with Gasteiger partial charge >= 0.3 is 5.97 Å². The van der Waals surface area contributed by atoms with Gasteiger partial charge in [-0.25, -0.2) is 4.79 Å². The van der Waals surface area contributed by atoms with Crippen LogP contribution < -0.4 is 5.32 Å². The number of non-ortho nitro benzene ring substituents is 1. The van der Waals surface area contributed by atoms with Crippen molar-refractivity contribution in [2.45, 2.75) is 32.6 Å². The summed E-state index contributed by atoms with van der Waals surface area (Å²) in [6.07, 6.45) is 0.955. The molecule has 1 aromatic rings. The molecule has 2 heterocycles. The summed E-state index contributed by atoms with van der Waals surface area (Å²) >= 11 is 6.36. The number of nitro groups is 1. The monoisotopic (exact) mass is 388 g/mol. The summed E-state index contributed by atoms with van der Waals surface area (Å²) in [5, 5.41) is 14.7. The van der Waals surface area contributed by atoms with Crippen LogP contribution in [-0.4, -0.2) is 23.3 Å². The molecule has 140 valence electrons. The molecule has 0 fully saturated rings. The van der Waals surface area contributed by atoms with Crippen LogP contribution in [0.2, 0.25) is 5.02 Å². The number of Topliss-reactive ketones (excluding diaryl/α,β-unsaturated/α-hetero) is 1. The Balaban J connectivity index is 1.95. The van der Waals surface area contributed by atoms with E-state index in [0.29, 0.717) is 35.2 Å². The van der Waals surface area contributed by atoms with Crippen LogP contribution in [0.3, 0.4) is 0 Å². The number of allylic oxidation sites excluding steroid dienone is 2. The number of nitrogens with zero attached hydrogens (tertiary/aromatic N) is 1. The number of nitro benzene ring substituents is 1. The average molecular weight is 389 g/mol. The molecule has 1 unspecified atom stereocenters. The van der Waals surface area contributed by atoms with Crippen LogP contribution >= 0.6 is 11.6 Å². The van der Waals surface area contributed by atoms with Gasteiger partial charge < -0.3 is 10.1 Å².